The van der Waals surface area contributed by atoms with E-state index >= 15 is 0 Å². The minimum absolute atomic E-state index is 0.164. The van der Waals surface area contributed by atoms with Gasteiger partial charge in [-0.3, -0.25) is 9.59 Å². The van der Waals surface area contributed by atoms with E-state index in [9.17, 15) is 9.59 Å². The fraction of sp³-hybridized carbons (Fsp3) is 0.389. The van der Waals surface area contributed by atoms with Crippen LogP contribution >= 0.6 is 0 Å². The molecule has 6 heteroatoms. The van der Waals surface area contributed by atoms with Crippen molar-refractivity contribution in [1.29, 1.82) is 0 Å². The largest absolute Gasteiger partial charge is 0.469 e. The number of esters is 1. The van der Waals surface area contributed by atoms with Crippen molar-refractivity contribution in [2.75, 3.05) is 7.11 Å². The fourth-order valence-electron chi connectivity index (χ4n) is 2.56. The van der Waals surface area contributed by atoms with Gasteiger partial charge in [0, 0.05) is 18.4 Å². The van der Waals surface area contributed by atoms with E-state index in [0.29, 0.717) is 6.42 Å². The molecule has 0 saturated carbocycles. The van der Waals surface area contributed by atoms with Crippen molar-refractivity contribution in [1.82, 2.24) is 14.9 Å². The number of hydrogen-bond donors (Lipinski definition) is 1. The molecular formula is C18H23N3O3. The monoisotopic (exact) mass is 329 g/mol. The Kier molecular flexibility index (Phi) is 6.12. The molecule has 0 bridgehead atoms. The van der Waals surface area contributed by atoms with E-state index < -0.39 is 12.0 Å². The second-order valence-electron chi connectivity index (χ2n) is 5.80. The number of amides is 1. The van der Waals surface area contributed by atoms with Gasteiger partial charge in [0.1, 0.15) is 6.04 Å². The number of carbonyl (C=O) groups is 2. The zero-order valence-electron chi connectivity index (χ0n) is 14.2. The number of carbonyl (C=O) groups excluding carboxylic acids is 2. The Hall–Kier alpha value is -2.63. The summed E-state index contributed by atoms with van der Waals surface area (Å²) in [4.78, 5) is 28.5. The lowest BCUT2D eigenvalue weighted by atomic mass is 9.93. The van der Waals surface area contributed by atoms with Crippen molar-refractivity contribution in [2.24, 2.45) is 5.92 Å². The van der Waals surface area contributed by atoms with Gasteiger partial charge < -0.3 is 14.6 Å². The lowest BCUT2D eigenvalue weighted by Crippen LogP contribution is -2.44. The van der Waals surface area contributed by atoms with Gasteiger partial charge in [0.05, 0.1) is 19.4 Å². The lowest BCUT2D eigenvalue weighted by Gasteiger charge is -2.24. The van der Waals surface area contributed by atoms with Gasteiger partial charge in [-0.2, -0.15) is 0 Å². The van der Waals surface area contributed by atoms with Crippen LogP contribution in [-0.4, -0.2) is 34.6 Å². The molecule has 1 amide bonds. The second-order valence-corrected chi connectivity index (χ2v) is 5.80. The summed E-state index contributed by atoms with van der Waals surface area (Å²) in [6, 6.07) is 8.94. The molecule has 0 saturated heterocycles. The first-order chi connectivity index (χ1) is 11.5. The van der Waals surface area contributed by atoms with Crippen LogP contribution in [0.2, 0.25) is 0 Å². The summed E-state index contributed by atoms with van der Waals surface area (Å²) < 4.78 is 6.63. The van der Waals surface area contributed by atoms with Crippen LogP contribution < -0.4 is 5.32 Å². The Bertz CT molecular complexity index is 655. The molecule has 0 aliphatic carbocycles. The Labute approximate surface area is 141 Å². The van der Waals surface area contributed by atoms with Crippen LogP contribution in [0.4, 0.5) is 0 Å². The molecule has 128 valence electrons. The van der Waals surface area contributed by atoms with Gasteiger partial charge in [-0.05, 0) is 25.8 Å². The minimum Gasteiger partial charge on any atom is -0.469 e. The van der Waals surface area contributed by atoms with E-state index in [1.54, 1.807) is 30.2 Å². The highest BCUT2D eigenvalue weighted by atomic mass is 16.5. The van der Waals surface area contributed by atoms with Crippen LogP contribution in [0.1, 0.15) is 25.5 Å². The van der Waals surface area contributed by atoms with Gasteiger partial charge >= 0.3 is 5.97 Å². The van der Waals surface area contributed by atoms with Gasteiger partial charge in [-0.25, -0.2) is 4.98 Å². The van der Waals surface area contributed by atoms with E-state index in [2.05, 4.69) is 10.3 Å². The maximum absolute atomic E-state index is 12.4. The van der Waals surface area contributed by atoms with Crippen LogP contribution in [0.3, 0.4) is 0 Å². The summed E-state index contributed by atoms with van der Waals surface area (Å²) in [5.41, 5.74) is 1.02. The first-order valence-corrected chi connectivity index (χ1v) is 7.92. The average molecular weight is 329 g/mol. The molecular weight excluding hydrogens is 306 g/mol. The van der Waals surface area contributed by atoms with Gasteiger partial charge in [0.2, 0.25) is 5.91 Å². The predicted octanol–water partition coefficient (Wildman–Crippen LogP) is 1.98. The number of nitrogens with zero attached hydrogens (tertiary/aromatic N) is 2. The SMILES string of the molecule is COC(=O)C(Cc1ccccc1)C(C)NC(=O)C(C)n1ccnc1. The van der Waals surface area contributed by atoms with Crippen molar-refractivity contribution in [3.63, 3.8) is 0 Å². The molecule has 1 aromatic carbocycles. The standard InChI is InChI=1S/C18H23N3O3/c1-13(20-17(22)14(2)21-10-9-19-12-21)16(18(23)24-3)11-15-7-5-4-6-8-15/h4-10,12-14,16H,11H2,1-3H3,(H,20,22). The van der Waals surface area contributed by atoms with E-state index in [1.165, 1.54) is 7.11 Å². The van der Waals surface area contributed by atoms with Crippen LogP contribution in [-0.2, 0) is 20.7 Å². The molecule has 0 fully saturated rings. The number of nitrogens with one attached hydrogen (secondary N) is 1. The number of rotatable bonds is 7. The van der Waals surface area contributed by atoms with E-state index in [4.69, 9.17) is 4.74 Å². The smallest absolute Gasteiger partial charge is 0.311 e. The zero-order chi connectivity index (χ0) is 17.5. The summed E-state index contributed by atoms with van der Waals surface area (Å²) in [5.74, 6) is -0.944. The third-order valence-electron chi connectivity index (χ3n) is 4.13. The van der Waals surface area contributed by atoms with Crippen LogP contribution in [0, 0.1) is 5.92 Å². The van der Waals surface area contributed by atoms with E-state index in [1.807, 2.05) is 37.3 Å². The summed E-state index contributed by atoms with van der Waals surface area (Å²) in [5, 5.41) is 2.92. The Morgan fingerprint density at radius 1 is 1.25 bits per heavy atom. The van der Waals surface area contributed by atoms with Gasteiger partial charge in [-0.15, -0.1) is 0 Å². The van der Waals surface area contributed by atoms with E-state index in [-0.39, 0.29) is 17.9 Å². The highest BCUT2D eigenvalue weighted by Crippen LogP contribution is 2.16. The van der Waals surface area contributed by atoms with Gasteiger partial charge in [-0.1, -0.05) is 30.3 Å². The molecule has 24 heavy (non-hydrogen) atoms. The minimum atomic E-state index is -0.448. The molecule has 2 aromatic rings. The van der Waals surface area contributed by atoms with Gasteiger partial charge in [0.15, 0.2) is 0 Å². The number of imidazole rings is 1. The van der Waals surface area contributed by atoms with Crippen molar-refractivity contribution >= 4 is 11.9 Å². The first-order valence-electron chi connectivity index (χ1n) is 7.92. The molecule has 6 nitrogen and oxygen atoms in total. The second kappa shape index (κ2) is 8.29. The third-order valence-corrected chi connectivity index (χ3v) is 4.13. The number of ether oxygens (including phenoxy) is 1. The average Bonchev–Trinajstić information content (AvgIpc) is 3.13. The van der Waals surface area contributed by atoms with Crippen molar-refractivity contribution in [2.45, 2.75) is 32.4 Å². The summed E-state index contributed by atoms with van der Waals surface area (Å²) >= 11 is 0. The molecule has 0 spiro atoms. The van der Waals surface area contributed by atoms with Crippen molar-refractivity contribution in [3.8, 4) is 0 Å². The molecule has 0 aliphatic rings. The first kappa shape index (κ1) is 17.7. The number of benzene rings is 1. The molecule has 1 heterocycles. The Balaban J connectivity index is 2.05. The summed E-state index contributed by atoms with van der Waals surface area (Å²) in [7, 11) is 1.36. The molecule has 1 aromatic heterocycles. The normalized spacial score (nSPS) is 14.5. The van der Waals surface area contributed by atoms with Crippen LogP contribution in [0.15, 0.2) is 49.1 Å². The topological polar surface area (TPSA) is 73.2 Å². The Morgan fingerprint density at radius 3 is 2.54 bits per heavy atom. The fourth-order valence-corrected chi connectivity index (χ4v) is 2.56. The maximum Gasteiger partial charge on any atom is 0.311 e. The lowest BCUT2D eigenvalue weighted by molar-refractivity contribution is -0.146. The molecule has 0 radical (unpaired) electrons. The number of hydrogen-bond acceptors (Lipinski definition) is 4. The van der Waals surface area contributed by atoms with Crippen LogP contribution in [0.25, 0.3) is 0 Å². The highest BCUT2D eigenvalue weighted by Gasteiger charge is 2.28. The highest BCUT2D eigenvalue weighted by molar-refractivity contribution is 5.81. The maximum atomic E-state index is 12.4. The molecule has 3 unspecified atom stereocenters. The quantitative estimate of drug-likeness (QED) is 0.788. The predicted molar refractivity (Wildman–Crippen MR) is 90.2 cm³/mol. The Morgan fingerprint density at radius 2 is 1.96 bits per heavy atom. The molecule has 2 rings (SSSR count). The summed E-state index contributed by atoms with van der Waals surface area (Å²) in [6.07, 6.45) is 5.46. The zero-order valence-corrected chi connectivity index (χ0v) is 14.2. The summed E-state index contributed by atoms with van der Waals surface area (Å²) in [6.45, 7) is 3.61. The number of methoxy groups -OCH3 is 1. The molecule has 3 atom stereocenters. The molecule has 0 aliphatic heterocycles. The van der Waals surface area contributed by atoms with Crippen LogP contribution in [0.5, 0.6) is 0 Å². The third kappa shape index (κ3) is 4.44. The van der Waals surface area contributed by atoms with Gasteiger partial charge in [0.25, 0.3) is 0 Å². The van der Waals surface area contributed by atoms with Crippen molar-refractivity contribution in [3.05, 3.63) is 54.6 Å². The molecule has 1 N–H and O–H groups in total. The number of aromatic nitrogens is 2. The van der Waals surface area contributed by atoms with E-state index in [0.717, 1.165) is 5.56 Å². The van der Waals surface area contributed by atoms with Crippen molar-refractivity contribution < 1.29 is 14.3 Å².